The van der Waals surface area contributed by atoms with Gasteiger partial charge >= 0.3 is 0 Å². The molecule has 84 valence electrons. The molecule has 0 spiro atoms. The van der Waals surface area contributed by atoms with Gasteiger partial charge in [-0.3, -0.25) is 4.68 Å². The van der Waals surface area contributed by atoms with Crippen LogP contribution in [0.3, 0.4) is 0 Å². The van der Waals surface area contributed by atoms with Crippen molar-refractivity contribution >= 4 is 26.8 Å². The molecule has 3 nitrogen and oxygen atoms in total. The second kappa shape index (κ2) is 3.31. The summed E-state index contributed by atoms with van der Waals surface area (Å²) < 4.78 is 2.73. The van der Waals surface area contributed by atoms with Gasteiger partial charge in [-0.05, 0) is 46.5 Å². The zero-order chi connectivity index (χ0) is 11.3. The predicted octanol–water partition coefficient (Wildman–Crippen LogP) is 2.40. The van der Waals surface area contributed by atoms with Gasteiger partial charge in [0.15, 0.2) is 0 Å². The lowest BCUT2D eigenvalue weighted by Crippen LogP contribution is -2.10. The van der Waals surface area contributed by atoms with E-state index >= 15 is 0 Å². The van der Waals surface area contributed by atoms with Gasteiger partial charge in [0.2, 0.25) is 0 Å². The van der Waals surface area contributed by atoms with Crippen molar-refractivity contribution < 1.29 is 5.11 Å². The molecule has 0 unspecified atom stereocenters. The summed E-state index contributed by atoms with van der Waals surface area (Å²) >= 11 is 3.45. The molecular formula is C12H13BrN2O. The van der Waals surface area contributed by atoms with Crippen LogP contribution in [0.1, 0.15) is 18.4 Å². The molecule has 0 radical (unpaired) electrons. The van der Waals surface area contributed by atoms with Crippen molar-refractivity contribution in [2.75, 3.05) is 0 Å². The third-order valence-electron chi connectivity index (χ3n) is 3.23. The van der Waals surface area contributed by atoms with E-state index in [1.165, 1.54) is 5.56 Å². The summed E-state index contributed by atoms with van der Waals surface area (Å²) in [5, 5.41) is 15.3. The SMILES string of the molecule is Cn1nc(Br)c2cc(CC3(O)CC3)ccc21. The molecule has 2 aromatic rings. The molecule has 0 amide bonds. The minimum Gasteiger partial charge on any atom is -0.390 e. The van der Waals surface area contributed by atoms with Crippen molar-refractivity contribution in [1.82, 2.24) is 9.78 Å². The van der Waals surface area contributed by atoms with E-state index in [0.29, 0.717) is 0 Å². The average molecular weight is 281 g/mol. The molecule has 16 heavy (non-hydrogen) atoms. The van der Waals surface area contributed by atoms with Crippen LogP contribution < -0.4 is 0 Å². The lowest BCUT2D eigenvalue weighted by molar-refractivity contribution is 0.151. The largest absolute Gasteiger partial charge is 0.390 e. The number of benzene rings is 1. The molecule has 1 aliphatic carbocycles. The molecule has 1 N–H and O–H groups in total. The quantitative estimate of drug-likeness (QED) is 0.918. The van der Waals surface area contributed by atoms with Gasteiger partial charge in [-0.15, -0.1) is 0 Å². The molecule has 0 aliphatic heterocycles. The Bertz CT molecular complexity index is 557. The average Bonchev–Trinajstić information content (AvgIpc) is 2.88. The van der Waals surface area contributed by atoms with Crippen LogP contribution in [0.5, 0.6) is 0 Å². The highest BCUT2D eigenvalue weighted by Gasteiger charge is 2.40. The highest BCUT2D eigenvalue weighted by molar-refractivity contribution is 9.10. The van der Waals surface area contributed by atoms with Crippen molar-refractivity contribution in [2.24, 2.45) is 7.05 Å². The molecule has 1 heterocycles. The third-order valence-corrected chi connectivity index (χ3v) is 3.82. The van der Waals surface area contributed by atoms with Crippen LogP contribution in [-0.4, -0.2) is 20.5 Å². The van der Waals surface area contributed by atoms with Gasteiger partial charge in [0.1, 0.15) is 4.60 Å². The maximum Gasteiger partial charge on any atom is 0.135 e. The second-order valence-corrected chi connectivity index (χ2v) is 5.42. The van der Waals surface area contributed by atoms with Gasteiger partial charge in [0.05, 0.1) is 11.1 Å². The Hall–Kier alpha value is -0.870. The Morgan fingerprint density at radius 2 is 2.25 bits per heavy atom. The van der Waals surface area contributed by atoms with Crippen molar-refractivity contribution in [3.63, 3.8) is 0 Å². The van der Waals surface area contributed by atoms with E-state index in [9.17, 15) is 5.11 Å². The van der Waals surface area contributed by atoms with Crippen LogP contribution in [-0.2, 0) is 13.5 Å². The lowest BCUT2D eigenvalue weighted by atomic mass is 10.1. The van der Waals surface area contributed by atoms with Gasteiger partial charge in [-0.25, -0.2) is 0 Å². The molecule has 0 saturated heterocycles. The van der Waals surface area contributed by atoms with Gasteiger partial charge in [0, 0.05) is 18.9 Å². The van der Waals surface area contributed by atoms with Gasteiger partial charge in [0.25, 0.3) is 0 Å². The summed E-state index contributed by atoms with van der Waals surface area (Å²) in [7, 11) is 1.93. The molecule has 1 aliphatic rings. The topological polar surface area (TPSA) is 38.0 Å². The van der Waals surface area contributed by atoms with E-state index in [4.69, 9.17) is 0 Å². The Balaban J connectivity index is 2.04. The number of hydrogen-bond acceptors (Lipinski definition) is 2. The fourth-order valence-corrected chi connectivity index (χ4v) is 2.64. The first kappa shape index (κ1) is 10.3. The Kier molecular flexibility index (Phi) is 2.13. The maximum absolute atomic E-state index is 9.90. The molecule has 3 rings (SSSR count). The summed E-state index contributed by atoms with van der Waals surface area (Å²) in [5.74, 6) is 0. The van der Waals surface area contributed by atoms with Crippen molar-refractivity contribution in [3.8, 4) is 0 Å². The molecule has 1 aromatic heterocycles. The van der Waals surface area contributed by atoms with Crippen LogP contribution in [0.4, 0.5) is 0 Å². The summed E-state index contributed by atoms with van der Waals surface area (Å²) in [6, 6.07) is 6.25. The smallest absolute Gasteiger partial charge is 0.135 e. The summed E-state index contributed by atoms with van der Waals surface area (Å²) in [6.07, 6.45) is 2.61. The van der Waals surface area contributed by atoms with E-state index in [0.717, 1.165) is 34.8 Å². The molecule has 0 atom stereocenters. The van der Waals surface area contributed by atoms with Crippen molar-refractivity contribution in [2.45, 2.75) is 24.9 Å². The fourth-order valence-electron chi connectivity index (χ4n) is 2.08. The first-order valence-corrected chi connectivity index (χ1v) is 6.20. The maximum atomic E-state index is 9.90. The molecule has 0 bridgehead atoms. The number of hydrogen-bond donors (Lipinski definition) is 1. The van der Waals surface area contributed by atoms with Crippen LogP contribution >= 0.6 is 15.9 Å². The predicted molar refractivity (Wildman–Crippen MR) is 66.3 cm³/mol. The van der Waals surface area contributed by atoms with Crippen LogP contribution in [0.25, 0.3) is 10.9 Å². The standard InChI is InChI=1S/C12H13BrN2O/c1-15-10-3-2-8(7-12(16)4-5-12)6-9(10)11(13)14-15/h2-3,6,16H,4-5,7H2,1H3. The molecule has 4 heteroatoms. The Morgan fingerprint density at radius 3 is 2.94 bits per heavy atom. The van der Waals surface area contributed by atoms with Crippen LogP contribution in [0, 0.1) is 0 Å². The number of aliphatic hydroxyl groups is 1. The Labute approximate surface area is 102 Å². The number of aromatic nitrogens is 2. The first-order valence-electron chi connectivity index (χ1n) is 5.41. The van der Waals surface area contributed by atoms with Crippen molar-refractivity contribution in [1.29, 1.82) is 0 Å². The zero-order valence-electron chi connectivity index (χ0n) is 9.07. The minimum atomic E-state index is -0.428. The highest BCUT2D eigenvalue weighted by atomic mass is 79.9. The van der Waals surface area contributed by atoms with E-state index < -0.39 is 5.60 Å². The van der Waals surface area contributed by atoms with Gasteiger partial charge < -0.3 is 5.11 Å². The highest BCUT2D eigenvalue weighted by Crippen LogP contribution is 2.38. The molecule has 1 saturated carbocycles. The van der Waals surface area contributed by atoms with Crippen molar-refractivity contribution in [3.05, 3.63) is 28.4 Å². The lowest BCUT2D eigenvalue weighted by Gasteiger charge is -2.07. The van der Waals surface area contributed by atoms with E-state index in [1.54, 1.807) is 0 Å². The van der Waals surface area contributed by atoms with E-state index in [1.807, 2.05) is 11.7 Å². The van der Waals surface area contributed by atoms with E-state index in [-0.39, 0.29) is 0 Å². The molecule has 1 fully saturated rings. The number of aryl methyl sites for hydroxylation is 1. The first-order chi connectivity index (χ1) is 7.57. The number of halogens is 1. The van der Waals surface area contributed by atoms with E-state index in [2.05, 4.69) is 39.2 Å². The second-order valence-electron chi connectivity index (χ2n) is 4.67. The molecular weight excluding hydrogens is 268 g/mol. The minimum absolute atomic E-state index is 0.428. The third kappa shape index (κ3) is 1.66. The summed E-state index contributed by atoms with van der Waals surface area (Å²) in [6.45, 7) is 0. The van der Waals surface area contributed by atoms with Gasteiger partial charge in [-0.2, -0.15) is 5.10 Å². The number of rotatable bonds is 2. The van der Waals surface area contributed by atoms with Crippen LogP contribution in [0.2, 0.25) is 0 Å². The summed E-state index contributed by atoms with van der Waals surface area (Å²) in [4.78, 5) is 0. The monoisotopic (exact) mass is 280 g/mol. The zero-order valence-corrected chi connectivity index (χ0v) is 10.7. The van der Waals surface area contributed by atoms with Crippen LogP contribution in [0.15, 0.2) is 22.8 Å². The summed E-state index contributed by atoms with van der Waals surface area (Å²) in [5.41, 5.74) is 1.86. The number of nitrogens with zero attached hydrogens (tertiary/aromatic N) is 2. The number of fused-ring (bicyclic) bond motifs is 1. The van der Waals surface area contributed by atoms with Gasteiger partial charge in [-0.1, -0.05) is 6.07 Å². The normalized spacial score (nSPS) is 17.9. The fraction of sp³-hybridized carbons (Fsp3) is 0.417. The Morgan fingerprint density at radius 1 is 1.50 bits per heavy atom. The molecule has 1 aromatic carbocycles.